The number of ether oxygens (including phenoxy) is 3. The number of nitrogens with zero attached hydrogens (tertiary/aromatic N) is 1. The molecule has 0 aromatic heterocycles. The van der Waals surface area contributed by atoms with Crippen LogP contribution in [0, 0.1) is 0 Å². The Morgan fingerprint density at radius 2 is 1.56 bits per heavy atom. The molecule has 0 bridgehead atoms. The predicted molar refractivity (Wildman–Crippen MR) is 70.4 cm³/mol. The Hall–Kier alpha value is -1.71. The van der Waals surface area contributed by atoms with Gasteiger partial charge in [0.15, 0.2) is 0 Å². The van der Waals surface area contributed by atoms with Gasteiger partial charge in [-0.25, -0.2) is 0 Å². The third-order valence-corrected chi connectivity index (χ3v) is 3.43. The van der Waals surface area contributed by atoms with Gasteiger partial charge in [0.1, 0.15) is 22.6 Å². The SMILES string of the molecule is COc1ccccc1N=C1OC(C)(C)C(C)(C)O1. The Labute approximate surface area is 108 Å². The molecule has 0 unspecified atom stereocenters. The molecule has 0 N–H and O–H groups in total. The molecule has 1 heterocycles. The molecule has 1 aliphatic rings. The van der Waals surface area contributed by atoms with E-state index in [9.17, 15) is 0 Å². The molecule has 98 valence electrons. The molecule has 0 atom stereocenters. The van der Waals surface area contributed by atoms with Crippen molar-refractivity contribution in [3.63, 3.8) is 0 Å². The highest BCUT2D eigenvalue weighted by molar-refractivity contribution is 5.75. The predicted octanol–water partition coefficient (Wildman–Crippen LogP) is 3.29. The van der Waals surface area contributed by atoms with Gasteiger partial charge in [-0.1, -0.05) is 12.1 Å². The molecule has 0 radical (unpaired) electrons. The van der Waals surface area contributed by atoms with Gasteiger partial charge in [-0.3, -0.25) is 0 Å². The molecule has 4 nitrogen and oxygen atoms in total. The minimum atomic E-state index is -0.409. The Balaban J connectivity index is 2.31. The molecule has 18 heavy (non-hydrogen) atoms. The van der Waals surface area contributed by atoms with Crippen LogP contribution in [-0.4, -0.2) is 24.4 Å². The van der Waals surface area contributed by atoms with Crippen LogP contribution in [0.1, 0.15) is 27.7 Å². The summed E-state index contributed by atoms with van der Waals surface area (Å²) in [6.45, 7) is 7.94. The first-order valence-corrected chi connectivity index (χ1v) is 5.95. The maximum Gasteiger partial charge on any atom is 0.390 e. The molecule has 4 heteroatoms. The van der Waals surface area contributed by atoms with Crippen LogP contribution in [0.2, 0.25) is 0 Å². The van der Waals surface area contributed by atoms with Gasteiger partial charge in [0.2, 0.25) is 0 Å². The van der Waals surface area contributed by atoms with E-state index in [1.807, 2.05) is 52.0 Å². The Kier molecular flexibility index (Phi) is 2.97. The first-order chi connectivity index (χ1) is 8.36. The summed E-state index contributed by atoms with van der Waals surface area (Å²) in [5.41, 5.74) is -0.120. The largest absolute Gasteiger partial charge is 0.494 e. The number of rotatable bonds is 2. The lowest BCUT2D eigenvalue weighted by molar-refractivity contribution is 0.00578. The van der Waals surface area contributed by atoms with Crippen LogP contribution in [0.3, 0.4) is 0 Å². The van der Waals surface area contributed by atoms with Crippen molar-refractivity contribution in [2.45, 2.75) is 38.9 Å². The van der Waals surface area contributed by atoms with Gasteiger partial charge >= 0.3 is 6.08 Å². The van der Waals surface area contributed by atoms with Gasteiger partial charge in [-0.2, -0.15) is 4.99 Å². The third kappa shape index (κ3) is 2.15. The molecule has 0 amide bonds. The Morgan fingerprint density at radius 3 is 2.11 bits per heavy atom. The van der Waals surface area contributed by atoms with Crippen LogP contribution in [0.25, 0.3) is 0 Å². The number of methoxy groups -OCH3 is 1. The van der Waals surface area contributed by atoms with Crippen molar-refractivity contribution in [3.05, 3.63) is 24.3 Å². The summed E-state index contributed by atoms with van der Waals surface area (Å²) in [6.07, 6.45) is 0.287. The fourth-order valence-electron chi connectivity index (χ4n) is 1.57. The van der Waals surface area contributed by atoms with E-state index in [-0.39, 0.29) is 6.08 Å². The van der Waals surface area contributed by atoms with Gasteiger partial charge in [-0.15, -0.1) is 0 Å². The minimum Gasteiger partial charge on any atom is -0.494 e. The van der Waals surface area contributed by atoms with Crippen LogP contribution >= 0.6 is 0 Å². The molecule has 1 aromatic carbocycles. The maximum absolute atomic E-state index is 5.74. The molecule has 1 aliphatic heterocycles. The van der Waals surface area contributed by atoms with E-state index in [0.29, 0.717) is 11.4 Å². The molecule has 1 aromatic rings. The molecule has 0 saturated carbocycles. The monoisotopic (exact) mass is 249 g/mol. The zero-order valence-corrected chi connectivity index (χ0v) is 11.5. The van der Waals surface area contributed by atoms with Crippen molar-refractivity contribution in [2.75, 3.05) is 7.11 Å². The summed E-state index contributed by atoms with van der Waals surface area (Å²) in [5.74, 6) is 0.694. The van der Waals surface area contributed by atoms with Crippen LogP contribution in [0.4, 0.5) is 5.69 Å². The summed E-state index contributed by atoms with van der Waals surface area (Å²) < 4.78 is 16.7. The molecular formula is C14H19NO3. The fraction of sp³-hybridized carbons (Fsp3) is 0.500. The lowest BCUT2D eigenvalue weighted by Gasteiger charge is -2.28. The van der Waals surface area contributed by atoms with E-state index < -0.39 is 11.2 Å². The normalized spacial score (nSPS) is 19.9. The number of hydrogen-bond acceptors (Lipinski definition) is 4. The number of aliphatic imine (C=N–C) groups is 1. The highest BCUT2D eigenvalue weighted by Crippen LogP contribution is 2.37. The van der Waals surface area contributed by atoms with E-state index in [1.54, 1.807) is 7.11 Å². The van der Waals surface area contributed by atoms with Gasteiger partial charge < -0.3 is 14.2 Å². The van der Waals surface area contributed by atoms with Crippen molar-refractivity contribution >= 4 is 11.8 Å². The zero-order valence-electron chi connectivity index (χ0n) is 11.5. The number of benzene rings is 1. The maximum atomic E-state index is 5.74. The van der Waals surface area contributed by atoms with Gasteiger partial charge in [-0.05, 0) is 39.8 Å². The molecule has 1 fully saturated rings. The highest BCUT2D eigenvalue weighted by Gasteiger charge is 2.49. The van der Waals surface area contributed by atoms with E-state index in [1.165, 1.54) is 0 Å². The quantitative estimate of drug-likeness (QED) is 0.807. The van der Waals surface area contributed by atoms with Gasteiger partial charge in [0.05, 0.1) is 7.11 Å². The van der Waals surface area contributed by atoms with E-state index in [0.717, 1.165) is 0 Å². The second-order valence-corrected chi connectivity index (χ2v) is 5.27. The van der Waals surface area contributed by atoms with Crippen LogP contribution in [0.15, 0.2) is 29.3 Å². The van der Waals surface area contributed by atoms with E-state index >= 15 is 0 Å². The molecule has 2 rings (SSSR count). The molecule has 0 spiro atoms. The molecule has 0 aliphatic carbocycles. The second-order valence-electron chi connectivity index (χ2n) is 5.27. The van der Waals surface area contributed by atoms with Crippen molar-refractivity contribution < 1.29 is 14.2 Å². The van der Waals surface area contributed by atoms with Gasteiger partial charge in [0.25, 0.3) is 0 Å². The lowest BCUT2D eigenvalue weighted by Crippen LogP contribution is -2.41. The summed E-state index contributed by atoms with van der Waals surface area (Å²) in [6, 6.07) is 7.50. The minimum absolute atomic E-state index is 0.287. The Bertz CT molecular complexity index is 460. The second kappa shape index (κ2) is 4.19. The standard InChI is InChI=1S/C14H19NO3/c1-13(2)14(3,4)18-12(17-13)15-10-8-6-7-9-11(10)16-5/h6-9H,1-5H3. The van der Waals surface area contributed by atoms with E-state index in [4.69, 9.17) is 14.2 Å². The average molecular weight is 249 g/mol. The van der Waals surface area contributed by atoms with Crippen molar-refractivity contribution in [1.82, 2.24) is 0 Å². The van der Waals surface area contributed by atoms with Crippen molar-refractivity contribution in [2.24, 2.45) is 4.99 Å². The van der Waals surface area contributed by atoms with Crippen LogP contribution in [0.5, 0.6) is 5.75 Å². The van der Waals surface area contributed by atoms with Gasteiger partial charge in [0, 0.05) is 0 Å². The molecule has 1 saturated heterocycles. The number of para-hydroxylation sites is 2. The lowest BCUT2D eigenvalue weighted by atomic mass is 9.90. The number of hydrogen-bond donors (Lipinski definition) is 0. The van der Waals surface area contributed by atoms with E-state index in [2.05, 4.69) is 4.99 Å². The third-order valence-electron chi connectivity index (χ3n) is 3.43. The highest BCUT2D eigenvalue weighted by atomic mass is 16.7. The zero-order chi connectivity index (χ0) is 13.4. The van der Waals surface area contributed by atoms with Crippen LogP contribution in [-0.2, 0) is 9.47 Å². The summed E-state index contributed by atoms with van der Waals surface area (Å²) in [4.78, 5) is 4.37. The summed E-state index contributed by atoms with van der Waals surface area (Å²) in [5, 5.41) is 0. The van der Waals surface area contributed by atoms with Crippen LogP contribution < -0.4 is 4.74 Å². The first kappa shape index (κ1) is 12.7. The topological polar surface area (TPSA) is 40.0 Å². The summed E-state index contributed by atoms with van der Waals surface area (Å²) >= 11 is 0. The summed E-state index contributed by atoms with van der Waals surface area (Å²) in [7, 11) is 1.61. The van der Waals surface area contributed by atoms with Crippen molar-refractivity contribution in [1.29, 1.82) is 0 Å². The fourth-order valence-corrected chi connectivity index (χ4v) is 1.57. The molecular weight excluding hydrogens is 230 g/mol. The first-order valence-electron chi connectivity index (χ1n) is 5.95. The van der Waals surface area contributed by atoms with Crippen molar-refractivity contribution in [3.8, 4) is 5.75 Å². The Morgan fingerprint density at radius 1 is 1.00 bits per heavy atom. The average Bonchev–Trinajstić information content (AvgIpc) is 2.47. The smallest absolute Gasteiger partial charge is 0.390 e.